The van der Waals surface area contributed by atoms with Crippen LogP contribution in [0.25, 0.3) is 10.8 Å². The number of unbranched alkanes of at least 4 members (excludes halogenated alkanes) is 3. The highest BCUT2D eigenvalue weighted by Crippen LogP contribution is 2.41. The average Bonchev–Trinajstić information content (AvgIpc) is 3.17. The van der Waals surface area contributed by atoms with Crippen molar-refractivity contribution in [3.05, 3.63) is 24.3 Å². The Balaban J connectivity index is 1.77. The van der Waals surface area contributed by atoms with Crippen molar-refractivity contribution in [1.82, 2.24) is 0 Å². The van der Waals surface area contributed by atoms with Gasteiger partial charge in [0.15, 0.2) is 0 Å². The summed E-state index contributed by atoms with van der Waals surface area (Å²) in [5, 5.41) is 1.90. The maximum Gasteiger partial charge on any atom is 0.498 e. The molecule has 8 heteroatoms. The van der Waals surface area contributed by atoms with Crippen molar-refractivity contribution in [3.63, 3.8) is 0 Å². The van der Waals surface area contributed by atoms with Gasteiger partial charge in [0.05, 0.1) is 36.1 Å². The molecule has 0 atom stereocenters. The lowest BCUT2D eigenvalue weighted by molar-refractivity contribution is 0.00578. The molecule has 0 saturated carbocycles. The van der Waals surface area contributed by atoms with Crippen LogP contribution in [0.2, 0.25) is 0 Å². The lowest BCUT2D eigenvalue weighted by atomic mass is 9.74. The fourth-order valence-electron chi connectivity index (χ4n) is 4.79. The van der Waals surface area contributed by atoms with E-state index in [1.807, 2.05) is 12.1 Å². The lowest BCUT2D eigenvalue weighted by Crippen LogP contribution is -2.41. The summed E-state index contributed by atoms with van der Waals surface area (Å²) in [6, 6.07) is 8.21. The van der Waals surface area contributed by atoms with Crippen LogP contribution in [-0.2, 0) is 18.6 Å². The molecular weight excluding hydrogens is 466 g/mol. The molecule has 37 heavy (non-hydrogen) atoms. The number of rotatable bonds is 9. The molecule has 6 nitrogen and oxygen atoms in total. The second-order valence-corrected chi connectivity index (χ2v) is 12.4. The number of hydrogen-bond donors (Lipinski definition) is 0. The molecule has 2 aromatic rings. The van der Waals surface area contributed by atoms with Crippen molar-refractivity contribution < 1.29 is 28.1 Å². The molecule has 4 rings (SSSR count). The molecule has 2 aliphatic heterocycles. The standard InChI is InChI=1S/C29H44B2O6/c1-11-12-13-14-19-33-25-21-16-17-22(30-34-26(2,3)27(4,5)35-30)24(32-10)20(21)15-18-23(25)31-36-28(6,7)29(8,9)37-31/h15-18H,11-14,19H2,1-10H3. The minimum Gasteiger partial charge on any atom is -0.496 e. The molecule has 0 unspecified atom stereocenters. The molecule has 0 radical (unpaired) electrons. The van der Waals surface area contributed by atoms with Gasteiger partial charge < -0.3 is 28.1 Å². The van der Waals surface area contributed by atoms with E-state index in [0.29, 0.717) is 6.61 Å². The highest BCUT2D eigenvalue weighted by molar-refractivity contribution is 6.64. The zero-order valence-electron chi connectivity index (χ0n) is 24.4. The van der Waals surface area contributed by atoms with Gasteiger partial charge in [-0.15, -0.1) is 0 Å². The minimum atomic E-state index is -0.523. The van der Waals surface area contributed by atoms with Crippen LogP contribution in [0.3, 0.4) is 0 Å². The molecule has 2 heterocycles. The van der Waals surface area contributed by atoms with Crippen LogP contribution >= 0.6 is 0 Å². The number of hydrogen-bond acceptors (Lipinski definition) is 6. The van der Waals surface area contributed by atoms with Gasteiger partial charge in [0.2, 0.25) is 0 Å². The molecular formula is C29H44B2O6. The van der Waals surface area contributed by atoms with Crippen LogP contribution in [0.5, 0.6) is 11.5 Å². The Labute approximate surface area is 224 Å². The number of benzene rings is 2. The molecule has 0 aliphatic carbocycles. The first-order chi connectivity index (χ1) is 17.2. The van der Waals surface area contributed by atoms with E-state index in [-0.39, 0.29) is 0 Å². The molecule has 202 valence electrons. The van der Waals surface area contributed by atoms with Crippen molar-refractivity contribution in [3.8, 4) is 11.5 Å². The van der Waals surface area contributed by atoms with Crippen LogP contribution in [0.1, 0.15) is 88.0 Å². The van der Waals surface area contributed by atoms with Crippen LogP contribution in [-0.4, -0.2) is 50.4 Å². The van der Waals surface area contributed by atoms with E-state index < -0.39 is 36.6 Å². The Morgan fingerprint density at radius 1 is 0.622 bits per heavy atom. The van der Waals surface area contributed by atoms with Gasteiger partial charge in [-0.05, 0) is 61.8 Å². The maximum atomic E-state index is 6.50. The van der Waals surface area contributed by atoms with Crippen molar-refractivity contribution in [2.24, 2.45) is 0 Å². The van der Waals surface area contributed by atoms with Crippen molar-refractivity contribution >= 4 is 35.9 Å². The van der Waals surface area contributed by atoms with Gasteiger partial charge in [0.1, 0.15) is 11.5 Å². The quantitative estimate of drug-likeness (QED) is 0.333. The topological polar surface area (TPSA) is 55.4 Å². The lowest BCUT2D eigenvalue weighted by Gasteiger charge is -2.32. The molecule has 0 amide bonds. The van der Waals surface area contributed by atoms with Gasteiger partial charge in [-0.25, -0.2) is 0 Å². The van der Waals surface area contributed by atoms with E-state index in [2.05, 4.69) is 74.4 Å². The maximum absolute atomic E-state index is 6.50. The highest BCUT2D eigenvalue weighted by atomic mass is 16.7. The molecule has 2 fully saturated rings. The average molecular weight is 510 g/mol. The van der Waals surface area contributed by atoms with E-state index in [1.54, 1.807) is 7.11 Å². The first-order valence-electron chi connectivity index (χ1n) is 13.7. The van der Waals surface area contributed by atoms with Crippen molar-refractivity contribution in [2.75, 3.05) is 13.7 Å². The van der Waals surface area contributed by atoms with Crippen LogP contribution in [0.4, 0.5) is 0 Å². The van der Waals surface area contributed by atoms with Crippen LogP contribution < -0.4 is 20.4 Å². The predicted molar refractivity (Wildman–Crippen MR) is 152 cm³/mol. The first kappa shape index (κ1) is 28.3. The summed E-state index contributed by atoms with van der Waals surface area (Å²) in [6.45, 7) is 19.4. The fourth-order valence-corrected chi connectivity index (χ4v) is 4.79. The summed E-state index contributed by atoms with van der Waals surface area (Å²) in [4.78, 5) is 0. The van der Waals surface area contributed by atoms with Gasteiger partial charge >= 0.3 is 14.2 Å². The van der Waals surface area contributed by atoms with Crippen LogP contribution in [0.15, 0.2) is 24.3 Å². The molecule has 2 aliphatic rings. The summed E-state index contributed by atoms with van der Waals surface area (Å²) >= 11 is 0. The third-order valence-corrected chi connectivity index (χ3v) is 8.63. The second kappa shape index (κ2) is 10.1. The smallest absolute Gasteiger partial charge is 0.496 e. The largest absolute Gasteiger partial charge is 0.498 e. The van der Waals surface area contributed by atoms with Crippen LogP contribution in [0, 0.1) is 0 Å². The highest BCUT2D eigenvalue weighted by Gasteiger charge is 2.54. The fraction of sp³-hybridized carbons (Fsp3) is 0.655. The third-order valence-electron chi connectivity index (χ3n) is 8.63. The van der Waals surface area contributed by atoms with E-state index in [4.69, 9.17) is 28.1 Å². The number of methoxy groups -OCH3 is 1. The second-order valence-electron chi connectivity index (χ2n) is 12.4. The van der Waals surface area contributed by atoms with Gasteiger partial charge in [0, 0.05) is 21.7 Å². The Morgan fingerprint density at radius 2 is 1.05 bits per heavy atom. The molecule has 0 bridgehead atoms. The van der Waals surface area contributed by atoms with E-state index in [9.17, 15) is 0 Å². The molecule has 0 aromatic heterocycles. The van der Waals surface area contributed by atoms with Crippen molar-refractivity contribution in [1.29, 1.82) is 0 Å². The summed E-state index contributed by atoms with van der Waals surface area (Å²) in [6.07, 6.45) is 4.53. The van der Waals surface area contributed by atoms with E-state index in [0.717, 1.165) is 46.0 Å². The molecule has 0 spiro atoms. The van der Waals surface area contributed by atoms with E-state index in [1.165, 1.54) is 12.8 Å². The zero-order valence-corrected chi connectivity index (χ0v) is 24.4. The first-order valence-corrected chi connectivity index (χ1v) is 13.7. The SMILES string of the molecule is CCCCCCOc1c(B2OC(C)(C)C(C)(C)O2)ccc2c(OC)c(B3OC(C)(C)C(C)(C)O3)ccc12. The summed E-state index contributed by atoms with van der Waals surface area (Å²) < 4.78 is 38.0. The monoisotopic (exact) mass is 510 g/mol. The zero-order chi connectivity index (χ0) is 27.2. The summed E-state index contributed by atoms with van der Waals surface area (Å²) in [5.41, 5.74) is 0.000804. The Kier molecular flexibility index (Phi) is 7.72. The van der Waals surface area contributed by atoms with Crippen molar-refractivity contribution in [2.45, 2.75) is 110 Å². The molecule has 0 N–H and O–H groups in total. The Morgan fingerprint density at radius 3 is 1.49 bits per heavy atom. The molecule has 2 aromatic carbocycles. The molecule has 2 saturated heterocycles. The van der Waals surface area contributed by atoms with Gasteiger partial charge in [-0.3, -0.25) is 0 Å². The number of fused-ring (bicyclic) bond motifs is 1. The van der Waals surface area contributed by atoms with Gasteiger partial charge in [-0.2, -0.15) is 0 Å². The van der Waals surface area contributed by atoms with Gasteiger partial charge in [-0.1, -0.05) is 50.5 Å². The third kappa shape index (κ3) is 5.15. The minimum absolute atomic E-state index is 0.439. The Hall–Kier alpha value is -1.73. The summed E-state index contributed by atoms with van der Waals surface area (Å²) in [5.74, 6) is 1.51. The van der Waals surface area contributed by atoms with Gasteiger partial charge in [0.25, 0.3) is 0 Å². The summed E-state index contributed by atoms with van der Waals surface area (Å²) in [7, 11) is 0.649. The Bertz CT molecular complexity index is 1100. The normalized spacial score (nSPS) is 21.6. The van der Waals surface area contributed by atoms with E-state index >= 15 is 0 Å². The predicted octanol–water partition coefficient (Wildman–Crippen LogP) is 5.41. The number of ether oxygens (including phenoxy) is 2.